The van der Waals surface area contributed by atoms with Crippen LogP contribution in [0.3, 0.4) is 0 Å². The van der Waals surface area contributed by atoms with E-state index >= 15 is 0 Å². The van der Waals surface area contributed by atoms with Crippen LogP contribution in [0.25, 0.3) is 0 Å². The fourth-order valence-corrected chi connectivity index (χ4v) is 3.20. The average molecular weight is 314 g/mol. The Labute approximate surface area is 137 Å². The van der Waals surface area contributed by atoms with Gasteiger partial charge in [-0.1, -0.05) is 42.5 Å². The molecule has 0 aromatic heterocycles. The number of halogens is 1. The molecule has 23 heavy (non-hydrogen) atoms. The SMILES string of the molecule is COc1ccc(CN(F)[C@H]2CCCN[C@H]2c2ccccc2)cc1. The highest BCUT2D eigenvalue weighted by molar-refractivity contribution is 5.27. The van der Waals surface area contributed by atoms with Crippen molar-refractivity contribution in [1.82, 2.24) is 10.4 Å². The molecule has 1 N–H and O–H groups in total. The van der Waals surface area contributed by atoms with E-state index in [1.165, 1.54) is 0 Å². The van der Waals surface area contributed by atoms with Gasteiger partial charge in [-0.05, 0) is 42.6 Å². The van der Waals surface area contributed by atoms with Crippen LogP contribution < -0.4 is 10.1 Å². The van der Waals surface area contributed by atoms with Crippen molar-refractivity contribution < 1.29 is 9.22 Å². The summed E-state index contributed by atoms with van der Waals surface area (Å²) in [6.07, 6.45) is 1.86. The van der Waals surface area contributed by atoms with Crippen molar-refractivity contribution in [3.05, 3.63) is 65.7 Å². The molecule has 0 bridgehead atoms. The Morgan fingerprint density at radius 1 is 1.13 bits per heavy atom. The minimum absolute atomic E-state index is 0.0354. The van der Waals surface area contributed by atoms with Crippen molar-refractivity contribution in [3.63, 3.8) is 0 Å². The van der Waals surface area contributed by atoms with Crippen molar-refractivity contribution in [2.45, 2.75) is 31.5 Å². The zero-order valence-corrected chi connectivity index (χ0v) is 13.4. The maximum atomic E-state index is 14.9. The lowest BCUT2D eigenvalue weighted by molar-refractivity contribution is -0.0565. The standard InChI is InChI=1S/C19H23FN2O/c1-23-17-11-9-15(10-12-17)14-22(20)18-8-5-13-21-19(18)16-6-3-2-4-7-16/h2-4,6-7,9-12,18-19,21H,5,8,13-14H2,1H3/t18-,19-/m0/s1. The highest BCUT2D eigenvalue weighted by Crippen LogP contribution is 2.29. The van der Waals surface area contributed by atoms with Gasteiger partial charge in [-0.15, -0.1) is 9.60 Å². The number of nitrogens with zero attached hydrogens (tertiary/aromatic N) is 1. The summed E-state index contributed by atoms with van der Waals surface area (Å²) in [5, 5.41) is 4.45. The second-order valence-corrected chi connectivity index (χ2v) is 5.96. The lowest BCUT2D eigenvalue weighted by atomic mass is 9.92. The molecule has 0 spiro atoms. The fraction of sp³-hybridized carbons (Fsp3) is 0.368. The number of rotatable bonds is 5. The molecule has 0 radical (unpaired) electrons. The van der Waals surface area contributed by atoms with E-state index in [1.807, 2.05) is 42.5 Å². The Morgan fingerprint density at radius 3 is 2.57 bits per heavy atom. The number of ether oxygens (including phenoxy) is 1. The Hall–Kier alpha value is -1.91. The summed E-state index contributed by atoms with van der Waals surface area (Å²) < 4.78 is 20.0. The normalized spacial score (nSPS) is 21.3. The monoisotopic (exact) mass is 314 g/mol. The number of benzene rings is 2. The fourth-order valence-electron chi connectivity index (χ4n) is 3.20. The number of piperidine rings is 1. The van der Waals surface area contributed by atoms with Crippen LogP contribution in [0.4, 0.5) is 4.48 Å². The minimum atomic E-state index is -0.145. The van der Waals surface area contributed by atoms with E-state index < -0.39 is 0 Å². The van der Waals surface area contributed by atoms with Gasteiger partial charge in [-0.3, -0.25) is 0 Å². The second kappa shape index (κ2) is 7.57. The van der Waals surface area contributed by atoms with Crippen molar-refractivity contribution in [2.24, 2.45) is 0 Å². The smallest absolute Gasteiger partial charge is 0.118 e. The molecule has 0 unspecified atom stereocenters. The molecular formula is C19H23FN2O. The van der Waals surface area contributed by atoms with Crippen LogP contribution in [0.2, 0.25) is 0 Å². The first-order chi connectivity index (χ1) is 11.3. The van der Waals surface area contributed by atoms with Gasteiger partial charge in [0.25, 0.3) is 0 Å². The van der Waals surface area contributed by atoms with Gasteiger partial charge < -0.3 is 10.1 Å². The Bertz CT molecular complexity index is 603. The summed E-state index contributed by atoms with van der Waals surface area (Å²) >= 11 is 0. The van der Waals surface area contributed by atoms with Gasteiger partial charge in [0.05, 0.1) is 25.7 Å². The highest BCUT2D eigenvalue weighted by Gasteiger charge is 2.31. The van der Waals surface area contributed by atoms with Gasteiger partial charge in [0.1, 0.15) is 5.75 Å². The van der Waals surface area contributed by atoms with Crippen LogP contribution in [0.15, 0.2) is 54.6 Å². The van der Waals surface area contributed by atoms with Crippen LogP contribution in [-0.4, -0.2) is 24.8 Å². The maximum Gasteiger partial charge on any atom is 0.118 e. The highest BCUT2D eigenvalue weighted by atomic mass is 19.2. The molecule has 1 aliphatic rings. The van der Waals surface area contributed by atoms with E-state index in [1.54, 1.807) is 7.11 Å². The molecule has 0 amide bonds. The third-order valence-corrected chi connectivity index (χ3v) is 4.44. The van der Waals surface area contributed by atoms with E-state index in [9.17, 15) is 4.48 Å². The number of hydrogen-bond donors (Lipinski definition) is 1. The number of hydrogen-bond acceptors (Lipinski definition) is 3. The molecule has 2 atom stereocenters. The summed E-state index contributed by atoms with van der Waals surface area (Å²) in [6, 6.07) is 17.6. The largest absolute Gasteiger partial charge is 0.497 e. The zero-order chi connectivity index (χ0) is 16.1. The lowest BCUT2D eigenvalue weighted by Crippen LogP contribution is -2.45. The first-order valence-corrected chi connectivity index (χ1v) is 8.11. The lowest BCUT2D eigenvalue weighted by Gasteiger charge is -2.36. The summed E-state index contributed by atoms with van der Waals surface area (Å²) in [6.45, 7) is 1.23. The zero-order valence-electron chi connectivity index (χ0n) is 13.4. The predicted octanol–water partition coefficient (Wildman–Crippen LogP) is 3.88. The van der Waals surface area contributed by atoms with Gasteiger partial charge in [0.2, 0.25) is 0 Å². The van der Waals surface area contributed by atoms with Gasteiger partial charge >= 0.3 is 0 Å². The molecule has 2 aromatic carbocycles. The van der Waals surface area contributed by atoms with Gasteiger partial charge in [-0.25, -0.2) is 0 Å². The van der Waals surface area contributed by atoms with E-state index in [0.29, 0.717) is 6.54 Å². The molecule has 3 nitrogen and oxygen atoms in total. The van der Waals surface area contributed by atoms with E-state index in [2.05, 4.69) is 17.4 Å². The maximum absolute atomic E-state index is 14.9. The molecule has 1 saturated heterocycles. The van der Waals surface area contributed by atoms with Gasteiger partial charge in [0.15, 0.2) is 0 Å². The van der Waals surface area contributed by atoms with Gasteiger partial charge in [-0.2, -0.15) is 0 Å². The number of methoxy groups -OCH3 is 1. The van der Waals surface area contributed by atoms with Crippen LogP contribution in [-0.2, 0) is 6.54 Å². The van der Waals surface area contributed by atoms with E-state index in [0.717, 1.165) is 41.4 Å². The molecule has 1 aliphatic heterocycles. The summed E-state index contributed by atoms with van der Waals surface area (Å²) in [5.41, 5.74) is 2.10. The van der Waals surface area contributed by atoms with Crippen molar-refractivity contribution in [3.8, 4) is 5.75 Å². The van der Waals surface area contributed by atoms with Crippen LogP contribution in [0.1, 0.15) is 30.0 Å². The Morgan fingerprint density at radius 2 is 1.87 bits per heavy atom. The molecule has 1 fully saturated rings. The van der Waals surface area contributed by atoms with E-state index in [-0.39, 0.29) is 12.1 Å². The van der Waals surface area contributed by atoms with Crippen LogP contribution >= 0.6 is 0 Å². The molecular weight excluding hydrogens is 291 g/mol. The van der Waals surface area contributed by atoms with Gasteiger partial charge in [0, 0.05) is 0 Å². The molecule has 1 heterocycles. The third kappa shape index (κ3) is 3.89. The molecule has 4 heteroatoms. The second-order valence-electron chi connectivity index (χ2n) is 5.96. The van der Waals surface area contributed by atoms with Crippen molar-refractivity contribution >= 4 is 0 Å². The topological polar surface area (TPSA) is 24.5 Å². The van der Waals surface area contributed by atoms with E-state index in [4.69, 9.17) is 4.74 Å². The summed E-state index contributed by atoms with van der Waals surface area (Å²) in [7, 11) is 1.63. The molecule has 2 aromatic rings. The first kappa shape index (κ1) is 16.0. The predicted molar refractivity (Wildman–Crippen MR) is 89.9 cm³/mol. The minimum Gasteiger partial charge on any atom is -0.497 e. The molecule has 122 valence electrons. The summed E-state index contributed by atoms with van der Waals surface area (Å²) in [5.74, 6) is 0.792. The Balaban J connectivity index is 1.71. The molecule has 0 saturated carbocycles. The third-order valence-electron chi connectivity index (χ3n) is 4.44. The Kier molecular flexibility index (Phi) is 5.26. The average Bonchev–Trinajstić information content (AvgIpc) is 2.63. The first-order valence-electron chi connectivity index (χ1n) is 8.11. The summed E-state index contributed by atoms with van der Waals surface area (Å²) in [4.78, 5) is 0. The van der Waals surface area contributed by atoms with Crippen molar-refractivity contribution in [2.75, 3.05) is 13.7 Å². The van der Waals surface area contributed by atoms with Crippen LogP contribution in [0.5, 0.6) is 5.75 Å². The quantitative estimate of drug-likeness (QED) is 0.848. The van der Waals surface area contributed by atoms with Crippen LogP contribution in [0, 0.1) is 0 Å². The van der Waals surface area contributed by atoms with Crippen molar-refractivity contribution in [1.29, 1.82) is 0 Å². The molecule has 3 rings (SSSR count). The number of nitrogens with one attached hydrogen (secondary N) is 1. The molecule has 0 aliphatic carbocycles.